The van der Waals surface area contributed by atoms with Gasteiger partial charge in [-0.3, -0.25) is 9.89 Å². The average molecular weight is 281 g/mol. The molecule has 3 aliphatic rings. The zero-order chi connectivity index (χ0) is 13.1. The van der Waals surface area contributed by atoms with Crippen molar-refractivity contribution in [3.63, 3.8) is 0 Å². The van der Waals surface area contributed by atoms with Crippen LogP contribution in [-0.2, 0) is 0 Å². The van der Waals surface area contributed by atoms with Crippen LogP contribution in [0.5, 0.6) is 0 Å². The van der Waals surface area contributed by atoms with Crippen LogP contribution < -0.4 is 5.32 Å². The van der Waals surface area contributed by atoms with Gasteiger partial charge in [-0.1, -0.05) is 37.9 Å². The fourth-order valence-corrected chi connectivity index (χ4v) is 4.65. The zero-order valence-corrected chi connectivity index (χ0v) is 13.0. The van der Waals surface area contributed by atoms with Gasteiger partial charge in [0.25, 0.3) is 0 Å². The molecule has 0 aromatic rings. The molecule has 2 saturated carbocycles. The second kappa shape index (κ2) is 6.04. The minimum absolute atomic E-state index is 0.405. The second-order valence-corrected chi connectivity index (χ2v) is 7.27. The molecule has 1 spiro atoms. The largest absolute Gasteiger partial charge is 0.359 e. The third kappa shape index (κ3) is 3.46. The normalized spacial score (nSPS) is 28.2. The van der Waals surface area contributed by atoms with Crippen molar-refractivity contribution in [3.05, 3.63) is 0 Å². The molecule has 1 N–H and O–H groups in total. The van der Waals surface area contributed by atoms with E-state index >= 15 is 0 Å². The van der Waals surface area contributed by atoms with E-state index < -0.39 is 0 Å². The maximum Gasteiger partial charge on any atom is 0.157 e. The molecule has 3 rings (SSSR count). The molecule has 0 aromatic carbocycles. The Morgan fingerprint density at radius 2 is 2.11 bits per heavy atom. The van der Waals surface area contributed by atoms with Crippen LogP contribution in [0, 0.1) is 0 Å². The summed E-state index contributed by atoms with van der Waals surface area (Å²) in [4.78, 5) is 7.38. The van der Waals surface area contributed by atoms with E-state index in [2.05, 4.69) is 17.1 Å². The Hall–Kier alpha value is -0.220. The first-order valence-corrected chi connectivity index (χ1v) is 8.99. The predicted molar refractivity (Wildman–Crippen MR) is 84.0 cm³/mol. The number of nitrogens with one attached hydrogen (secondary N) is 1. The molecule has 0 aromatic heterocycles. The van der Waals surface area contributed by atoms with Crippen LogP contribution in [0.4, 0.5) is 0 Å². The lowest BCUT2D eigenvalue weighted by Gasteiger charge is -2.32. The summed E-state index contributed by atoms with van der Waals surface area (Å²) in [5, 5.41) is 4.95. The molecule has 1 aliphatic heterocycles. The van der Waals surface area contributed by atoms with Gasteiger partial charge in [0.1, 0.15) is 0 Å². The summed E-state index contributed by atoms with van der Waals surface area (Å²) in [5.74, 6) is 1.24. The van der Waals surface area contributed by atoms with Gasteiger partial charge >= 0.3 is 0 Å². The number of hydrogen-bond donors (Lipinski definition) is 1. The van der Waals surface area contributed by atoms with E-state index in [9.17, 15) is 0 Å². The molecule has 1 heterocycles. The topological polar surface area (TPSA) is 27.6 Å². The Labute approximate surface area is 121 Å². The number of rotatable bonds is 5. The van der Waals surface area contributed by atoms with Crippen molar-refractivity contribution in [2.45, 2.75) is 63.5 Å². The van der Waals surface area contributed by atoms with Gasteiger partial charge in [0, 0.05) is 23.9 Å². The summed E-state index contributed by atoms with van der Waals surface area (Å²) in [6.45, 7) is 5.56. The van der Waals surface area contributed by atoms with Gasteiger partial charge in [0.2, 0.25) is 0 Å². The molecular weight excluding hydrogens is 254 g/mol. The molecule has 108 valence electrons. The molecule has 3 fully saturated rings. The molecule has 0 unspecified atom stereocenters. The summed E-state index contributed by atoms with van der Waals surface area (Å²) in [6, 6.07) is 0.874. The molecule has 0 atom stereocenters. The first-order chi connectivity index (χ1) is 9.31. The zero-order valence-electron chi connectivity index (χ0n) is 12.2. The van der Waals surface area contributed by atoms with Crippen LogP contribution >= 0.6 is 11.8 Å². The standard InChI is InChI=1S/C15H27N3S/c1-2-18(13-6-7-13)11-10-16-14-17-15(12-19-14)8-4-3-5-9-15/h13H,2-12H2,1H3,(H,16,17). The highest BCUT2D eigenvalue weighted by molar-refractivity contribution is 8.14. The van der Waals surface area contributed by atoms with Gasteiger partial charge in [-0.15, -0.1) is 0 Å². The van der Waals surface area contributed by atoms with Crippen LogP contribution in [0.1, 0.15) is 51.9 Å². The molecule has 4 heteroatoms. The maximum absolute atomic E-state index is 4.80. The fraction of sp³-hybridized carbons (Fsp3) is 0.933. The second-order valence-electron chi connectivity index (χ2n) is 6.30. The van der Waals surface area contributed by atoms with Crippen molar-refractivity contribution < 1.29 is 0 Å². The Bertz CT molecular complexity index is 332. The number of hydrogen-bond acceptors (Lipinski definition) is 3. The highest BCUT2D eigenvalue weighted by atomic mass is 32.2. The summed E-state index contributed by atoms with van der Waals surface area (Å²) in [5.41, 5.74) is 0.405. The smallest absolute Gasteiger partial charge is 0.157 e. The van der Waals surface area contributed by atoms with E-state index in [-0.39, 0.29) is 0 Å². The Morgan fingerprint density at radius 3 is 2.79 bits per heavy atom. The fourth-order valence-electron chi connectivity index (χ4n) is 3.41. The van der Waals surface area contributed by atoms with Crippen LogP contribution in [0.3, 0.4) is 0 Å². The first-order valence-electron chi connectivity index (χ1n) is 8.01. The average Bonchev–Trinajstić information content (AvgIpc) is 3.20. The molecule has 1 saturated heterocycles. The molecular formula is C15H27N3S. The van der Waals surface area contributed by atoms with Crippen molar-refractivity contribution in [1.29, 1.82) is 0 Å². The molecule has 2 aliphatic carbocycles. The summed E-state index contributed by atoms with van der Waals surface area (Å²) in [7, 11) is 0. The SMILES string of the molecule is CCN(CCN=C1NC2(CCCCC2)CS1)C1CC1. The van der Waals surface area contributed by atoms with Gasteiger partial charge in [-0.25, -0.2) is 0 Å². The van der Waals surface area contributed by atoms with E-state index in [4.69, 9.17) is 4.99 Å². The maximum atomic E-state index is 4.80. The Morgan fingerprint density at radius 1 is 1.32 bits per heavy atom. The van der Waals surface area contributed by atoms with Crippen molar-refractivity contribution in [1.82, 2.24) is 10.2 Å². The summed E-state index contributed by atoms with van der Waals surface area (Å²) >= 11 is 1.95. The van der Waals surface area contributed by atoms with Gasteiger partial charge < -0.3 is 5.32 Å². The van der Waals surface area contributed by atoms with Gasteiger partial charge in [-0.05, 0) is 32.2 Å². The number of amidine groups is 1. The molecule has 3 nitrogen and oxygen atoms in total. The van der Waals surface area contributed by atoms with E-state index in [0.29, 0.717) is 5.54 Å². The van der Waals surface area contributed by atoms with E-state index in [0.717, 1.165) is 19.1 Å². The number of likely N-dealkylation sites (N-methyl/N-ethyl adjacent to an activating group) is 1. The third-order valence-corrected chi connectivity index (χ3v) is 5.98. The number of aliphatic imine (C=N–C) groups is 1. The molecule has 0 amide bonds. The van der Waals surface area contributed by atoms with Crippen molar-refractivity contribution in [3.8, 4) is 0 Å². The first kappa shape index (κ1) is 13.7. The summed E-state index contributed by atoms with van der Waals surface area (Å²) < 4.78 is 0. The Balaban J connectivity index is 1.45. The molecule has 0 radical (unpaired) electrons. The van der Waals surface area contributed by atoms with Crippen molar-refractivity contribution >= 4 is 16.9 Å². The number of nitrogens with zero attached hydrogens (tertiary/aromatic N) is 2. The molecule has 19 heavy (non-hydrogen) atoms. The predicted octanol–water partition coefficient (Wildman–Crippen LogP) is 2.87. The van der Waals surface area contributed by atoms with E-state index in [1.807, 2.05) is 11.8 Å². The Kier molecular flexibility index (Phi) is 4.37. The van der Waals surface area contributed by atoms with Crippen LogP contribution in [-0.4, -0.2) is 47.0 Å². The number of thioether (sulfide) groups is 1. The van der Waals surface area contributed by atoms with Crippen LogP contribution in [0.2, 0.25) is 0 Å². The third-order valence-electron chi connectivity index (χ3n) is 4.78. The van der Waals surface area contributed by atoms with Crippen LogP contribution in [0.15, 0.2) is 4.99 Å². The highest BCUT2D eigenvalue weighted by Crippen LogP contribution is 2.36. The van der Waals surface area contributed by atoms with Crippen molar-refractivity contribution in [2.75, 3.05) is 25.4 Å². The van der Waals surface area contributed by atoms with Crippen molar-refractivity contribution in [2.24, 2.45) is 4.99 Å². The highest BCUT2D eigenvalue weighted by Gasteiger charge is 2.38. The lowest BCUT2D eigenvalue weighted by atomic mass is 9.83. The van der Waals surface area contributed by atoms with Gasteiger partial charge in [-0.2, -0.15) is 0 Å². The van der Waals surface area contributed by atoms with Gasteiger partial charge in [0.15, 0.2) is 5.17 Å². The van der Waals surface area contributed by atoms with E-state index in [1.54, 1.807) is 0 Å². The lowest BCUT2D eigenvalue weighted by Crippen LogP contribution is -2.45. The molecule has 0 bridgehead atoms. The summed E-state index contributed by atoms with van der Waals surface area (Å²) in [6.07, 6.45) is 9.72. The monoisotopic (exact) mass is 281 g/mol. The minimum atomic E-state index is 0.405. The van der Waals surface area contributed by atoms with Gasteiger partial charge in [0.05, 0.1) is 6.54 Å². The lowest BCUT2D eigenvalue weighted by molar-refractivity contribution is 0.285. The van der Waals surface area contributed by atoms with Crippen LogP contribution in [0.25, 0.3) is 0 Å². The van der Waals surface area contributed by atoms with E-state index in [1.165, 1.54) is 62.4 Å². The minimum Gasteiger partial charge on any atom is -0.359 e. The quantitative estimate of drug-likeness (QED) is 0.840.